The fraction of sp³-hybridized carbons (Fsp3) is 0.833. The molecule has 8 atom stereocenters. The fourth-order valence-corrected chi connectivity index (χ4v) is 8.37. The van der Waals surface area contributed by atoms with Gasteiger partial charge in [0, 0.05) is 0 Å². The second-order valence-electron chi connectivity index (χ2n) is 10.9. The highest BCUT2D eigenvalue weighted by Crippen LogP contribution is 2.65. The first kappa shape index (κ1) is 19.7. The maximum absolute atomic E-state index is 13.4. The molecule has 160 valence electrons. The van der Waals surface area contributed by atoms with Crippen molar-refractivity contribution in [3.8, 4) is 0 Å². The number of hydrogen-bond acceptors (Lipinski definition) is 3. The molecular formula is C24H36FN3O. The van der Waals surface area contributed by atoms with Crippen LogP contribution in [-0.4, -0.2) is 32.4 Å². The van der Waals surface area contributed by atoms with Gasteiger partial charge >= 0.3 is 0 Å². The molecule has 0 saturated heterocycles. The van der Waals surface area contributed by atoms with E-state index in [1.54, 1.807) is 17.2 Å². The fourth-order valence-electron chi connectivity index (χ4n) is 8.37. The lowest BCUT2D eigenvalue weighted by atomic mass is 9.48. The molecule has 0 aromatic carbocycles. The van der Waals surface area contributed by atoms with Gasteiger partial charge in [-0.05, 0) is 98.7 Å². The lowest BCUT2D eigenvalue weighted by Crippen LogP contribution is -2.51. The van der Waals surface area contributed by atoms with E-state index in [-0.39, 0.29) is 0 Å². The van der Waals surface area contributed by atoms with Gasteiger partial charge in [0.05, 0.1) is 24.5 Å². The van der Waals surface area contributed by atoms with E-state index in [0.29, 0.717) is 36.0 Å². The van der Waals surface area contributed by atoms with Gasteiger partial charge in [0.25, 0.3) is 0 Å². The number of halogens is 1. The predicted octanol–water partition coefficient (Wildman–Crippen LogP) is 4.80. The van der Waals surface area contributed by atoms with E-state index in [4.69, 9.17) is 0 Å². The van der Waals surface area contributed by atoms with E-state index in [1.165, 1.54) is 44.1 Å². The first-order chi connectivity index (χ1) is 13.9. The first-order valence-electron chi connectivity index (χ1n) is 11.7. The van der Waals surface area contributed by atoms with Crippen molar-refractivity contribution >= 4 is 0 Å². The number of fused-ring (bicyclic) bond motifs is 5. The molecule has 0 aliphatic heterocycles. The second kappa shape index (κ2) is 7.18. The highest BCUT2D eigenvalue weighted by Gasteiger charge is 2.58. The predicted molar refractivity (Wildman–Crippen MR) is 111 cm³/mol. The molecule has 4 aliphatic rings. The third kappa shape index (κ3) is 3.19. The van der Waals surface area contributed by atoms with Crippen LogP contribution in [0.2, 0.25) is 0 Å². The van der Waals surface area contributed by atoms with Crippen molar-refractivity contribution in [3.63, 3.8) is 0 Å². The Morgan fingerprint density at radius 1 is 1.07 bits per heavy atom. The monoisotopic (exact) mass is 401 g/mol. The molecular weight excluding hydrogens is 365 g/mol. The number of aliphatic hydroxyl groups is 1. The molecule has 5 heteroatoms. The topological polar surface area (TPSA) is 50.9 Å². The van der Waals surface area contributed by atoms with Crippen molar-refractivity contribution in [1.29, 1.82) is 0 Å². The van der Waals surface area contributed by atoms with Gasteiger partial charge in [-0.25, -0.2) is 4.39 Å². The van der Waals surface area contributed by atoms with Crippen LogP contribution in [0, 0.1) is 40.9 Å². The molecule has 29 heavy (non-hydrogen) atoms. The van der Waals surface area contributed by atoms with Gasteiger partial charge in [0.2, 0.25) is 0 Å². The molecule has 0 unspecified atom stereocenters. The van der Waals surface area contributed by atoms with E-state index in [2.05, 4.69) is 23.7 Å². The Kier molecular flexibility index (Phi) is 4.88. The third-order valence-electron chi connectivity index (χ3n) is 9.66. The zero-order valence-corrected chi connectivity index (χ0v) is 17.8. The van der Waals surface area contributed by atoms with Crippen molar-refractivity contribution < 1.29 is 9.50 Å². The van der Waals surface area contributed by atoms with Crippen molar-refractivity contribution in [3.05, 3.63) is 24.5 Å². The Morgan fingerprint density at radius 2 is 1.83 bits per heavy atom. The Labute approximate surface area is 174 Å². The maximum atomic E-state index is 13.4. The van der Waals surface area contributed by atoms with E-state index in [0.717, 1.165) is 30.7 Å². The molecule has 4 saturated carbocycles. The Morgan fingerprint density at radius 3 is 2.59 bits per heavy atom. The minimum absolute atomic E-state index is 0.354. The average Bonchev–Trinajstić information content (AvgIpc) is 3.34. The minimum atomic E-state index is -1.03. The molecule has 0 radical (unpaired) electrons. The van der Waals surface area contributed by atoms with Crippen LogP contribution in [0.5, 0.6) is 0 Å². The number of allylic oxidation sites excluding steroid dienone is 1. The lowest BCUT2D eigenvalue weighted by Gasteiger charge is -2.57. The lowest BCUT2D eigenvalue weighted by molar-refractivity contribution is -0.110. The van der Waals surface area contributed by atoms with Gasteiger partial charge in [-0.1, -0.05) is 19.1 Å². The van der Waals surface area contributed by atoms with Crippen LogP contribution in [0.4, 0.5) is 4.39 Å². The number of aromatic nitrogens is 3. The van der Waals surface area contributed by atoms with Crippen LogP contribution >= 0.6 is 0 Å². The van der Waals surface area contributed by atoms with Crippen LogP contribution in [0.3, 0.4) is 0 Å². The Hall–Kier alpha value is -1.23. The molecule has 4 nitrogen and oxygen atoms in total. The van der Waals surface area contributed by atoms with Gasteiger partial charge < -0.3 is 5.11 Å². The van der Waals surface area contributed by atoms with Crippen LogP contribution < -0.4 is 0 Å². The smallest absolute Gasteiger partial charge is 0.118 e. The van der Waals surface area contributed by atoms with E-state index >= 15 is 0 Å². The summed E-state index contributed by atoms with van der Waals surface area (Å²) in [6.07, 6.45) is 13.5. The van der Waals surface area contributed by atoms with Crippen LogP contribution in [0.25, 0.3) is 0 Å². The molecule has 0 spiro atoms. The summed E-state index contributed by atoms with van der Waals surface area (Å²) in [4.78, 5) is 1.77. The number of alkyl halides is 1. The molecule has 4 aliphatic carbocycles. The number of nitrogens with zero attached hydrogens (tertiary/aromatic N) is 3. The van der Waals surface area contributed by atoms with Gasteiger partial charge in [-0.3, -0.25) is 0 Å². The quantitative estimate of drug-likeness (QED) is 0.737. The molecule has 1 aromatic rings. The summed E-state index contributed by atoms with van der Waals surface area (Å²) < 4.78 is 13.4. The van der Waals surface area contributed by atoms with Crippen LogP contribution in [0.1, 0.15) is 64.7 Å². The largest absolute Gasteiger partial charge is 0.387 e. The zero-order chi connectivity index (χ0) is 20.2. The van der Waals surface area contributed by atoms with Gasteiger partial charge in [0.15, 0.2) is 0 Å². The van der Waals surface area contributed by atoms with Crippen molar-refractivity contribution in [2.24, 2.45) is 40.9 Å². The van der Waals surface area contributed by atoms with E-state index in [9.17, 15) is 9.50 Å². The normalized spacial score (nSPS) is 46.6. The van der Waals surface area contributed by atoms with Gasteiger partial charge in [0.1, 0.15) is 6.67 Å². The Bertz CT molecular complexity index is 751. The Balaban J connectivity index is 1.31. The maximum Gasteiger partial charge on any atom is 0.118 e. The molecule has 0 amide bonds. The number of rotatable bonds is 4. The van der Waals surface area contributed by atoms with E-state index in [1.807, 2.05) is 0 Å². The second-order valence-corrected chi connectivity index (χ2v) is 10.9. The molecule has 5 rings (SSSR count). The zero-order valence-electron chi connectivity index (χ0n) is 17.8. The molecule has 1 heterocycles. The minimum Gasteiger partial charge on any atom is -0.387 e. The standard InChI is InChI=1S/C24H36FN3O/c1-16(14-28-26-11-12-27-28)21-5-6-22-20-4-3-17-13-24(29,15-25)10-8-18(17)19(20)7-9-23(21,22)2/h11-12,17-22,29H,1,3-10,13-15H2,2H3/t17-,18-,19+,20+,21+,22-,23+,24-/m0/s1. The van der Waals surface area contributed by atoms with Crippen molar-refractivity contribution in [2.75, 3.05) is 6.67 Å². The summed E-state index contributed by atoms with van der Waals surface area (Å²) in [7, 11) is 0. The third-order valence-corrected chi connectivity index (χ3v) is 9.66. The summed E-state index contributed by atoms with van der Waals surface area (Å²) in [5.74, 6) is 4.20. The summed E-state index contributed by atoms with van der Waals surface area (Å²) >= 11 is 0. The van der Waals surface area contributed by atoms with Crippen molar-refractivity contribution in [1.82, 2.24) is 15.0 Å². The van der Waals surface area contributed by atoms with E-state index < -0.39 is 12.3 Å². The summed E-state index contributed by atoms with van der Waals surface area (Å²) in [5, 5.41) is 19.1. The van der Waals surface area contributed by atoms with Gasteiger partial charge in [-0.2, -0.15) is 15.0 Å². The summed E-state index contributed by atoms with van der Waals surface area (Å²) in [6.45, 7) is 7.18. The van der Waals surface area contributed by atoms with Crippen LogP contribution in [0.15, 0.2) is 24.5 Å². The first-order valence-corrected chi connectivity index (χ1v) is 11.7. The highest BCUT2D eigenvalue weighted by atomic mass is 19.1. The van der Waals surface area contributed by atoms with Gasteiger partial charge in [-0.15, -0.1) is 0 Å². The highest BCUT2D eigenvalue weighted by molar-refractivity contribution is 5.15. The molecule has 0 bridgehead atoms. The van der Waals surface area contributed by atoms with Crippen molar-refractivity contribution in [2.45, 2.75) is 76.9 Å². The molecule has 1 N–H and O–H groups in total. The molecule has 1 aromatic heterocycles. The molecule has 4 fully saturated rings. The summed E-state index contributed by atoms with van der Waals surface area (Å²) in [5.41, 5.74) is 0.615. The number of hydrogen-bond donors (Lipinski definition) is 1. The summed E-state index contributed by atoms with van der Waals surface area (Å²) in [6, 6.07) is 0. The average molecular weight is 402 g/mol. The van der Waals surface area contributed by atoms with Crippen LogP contribution in [-0.2, 0) is 6.54 Å². The SMILES string of the molecule is C=C(Cn1nccn1)[C@H]1CC[C@H]2[C@@H]3CC[C@H]4C[C@](O)(CF)CC[C@@H]4[C@H]3CC[C@]12C.